The van der Waals surface area contributed by atoms with E-state index >= 15 is 0 Å². The summed E-state index contributed by atoms with van der Waals surface area (Å²) in [6, 6.07) is 15.5. The zero-order valence-electron chi connectivity index (χ0n) is 21.3. The van der Waals surface area contributed by atoms with Gasteiger partial charge in [0.2, 0.25) is 0 Å². The number of amides is 1. The maximum atomic E-state index is 13.9. The molecule has 2 atom stereocenters. The molecule has 0 aliphatic carbocycles. The number of aliphatic hydroxyl groups excluding tert-OH is 1. The highest BCUT2D eigenvalue weighted by Crippen LogP contribution is 2.45. The molecule has 2 aliphatic rings. The molecule has 3 heterocycles. The van der Waals surface area contributed by atoms with Crippen LogP contribution >= 0.6 is 11.3 Å². The Morgan fingerprint density at radius 3 is 2.72 bits per heavy atom. The van der Waals surface area contributed by atoms with Crippen LogP contribution in [0.3, 0.4) is 0 Å². The molecule has 2 unspecified atom stereocenters. The predicted molar refractivity (Wildman–Crippen MR) is 147 cm³/mol. The van der Waals surface area contributed by atoms with Crippen molar-refractivity contribution in [1.82, 2.24) is 4.98 Å². The summed E-state index contributed by atoms with van der Waals surface area (Å²) in [6.07, 6.45) is 1.54. The van der Waals surface area contributed by atoms with Gasteiger partial charge in [-0.3, -0.25) is 14.5 Å². The van der Waals surface area contributed by atoms with Crippen molar-refractivity contribution in [2.45, 2.75) is 38.8 Å². The largest absolute Gasteiger partial charge is 0.507 e. The first-order chi connectivity index (χ1) is 18.8. The number of rotatable bonds is 6. The van der Waals surface area contributed by atoms with Gasteiger partial charge in [-0.05, 0) is 73.0 Å². The number of anilines is 1. The van der Waals surface area contributed by atoms with Crippen LogP contribution in [-0.4, -0.2) is 34.5 Å². The van der Waals surface area contributed by atoms with Crippen LogP contribution in [0, 0.1) is 5.82 Å². The van der Waals surface area contributed by atoms with Crippen molar-refractivity contribution in [1.29, 1.82) is 0 Å². The minimum absolute atomic E-state index is 0.0142. The smallest absolute Gasteiger partial charge is 0.301 e. The number of benzene rings is 3. The fourth-order valence-electron chi connectivity index (χ4n) is 5.03. The number of ketones is 1. The van der Waals surface area contributed by atoms with E-state index in [4.69, 9.17) is 9.47 Å². The van der Waals surface area contributed by atoms with E-state index in [-0.39, 0.29) is 22.6 Å². The summed E-state index contributed by atoms with van der Waals surface area (Å²) in [6.45, 7) is 4.53. The van der Waals surface area contributed by atoms with Crippen LogP contribution in [0.1, 0.15) is 43.0 Å². The fourth-order valence-corrected chi connectivity index (χ4v) is 6.04. The highest BCUT2D eigenvalue weighted by atomic mass is 32.1. The average molecular weight is 545 g/mol. The summed E-state index contributed by atoms with van der Waals surface area (Å²) in [5, 5.41) is 11.7. The number of hydrogen-bond acceptors (Lipinski definition) is 7. The van der Waals surface area contributed by atoms with E-state index in [1.165, 1.54) is 23.1 Å². The Labute approximate surface area is 228 Å². The third-order valence-corrected chi connectivity index (χ3v) is 7.85. The lowest BCUT2D eigenvalue weighted by atomic mass is 9.94. The quantitative estimate of drug-likeness (QED) is 0.177. The Balaban J connectivity index is 1.49. The van der Waals surface area contributed by atoms with Crippen molar-refractivity contribution in [2.24, 2.45) is 0 Å². The number of thiazole rings is 1. The second-order valence-electron chi connectivity index (χ2n) is 9.65. The number of fused-ring (bicyclic) bond motifs is 2. The van der Waals surface area contributed by atoms with Gasteiger partial charge in [0, 0.05) is 12.0 Å². The van der Waals surface area contributed by atoms with E-state index in [9.17, 15) is 19.1 Å². The molecule has 198 valence electrons. The Bertz CT molecular complexity index is 1650. The number of halogens is 1. The summed E-state index contributed by atoms with van der Waals surface area (Å²) in [5.41, 5.74) is 2.41. The van der Waals surface area contributed by atoms with E-state index < -0.39 is 23.5 Å². The highest BCUT2D eigenvalue weighted by Gasteiger charge is 2.48. The second kappa shape index (κ2) is 9.81. The van der Waals surface area contributed by atoms with Crippen LogP contribution < -0.4 is 14.4 Å². The van der Waals surface area contributed by atoms with Crippen molar-refractivity contribution in [3.8, 4) is 11.5 Å². The van der Waals surface area contributed by atoms with Crippen LogP contribution in [0.25, 0.3) is 16.0 Å². The summed E-state index contributed by atoms with van der Waals surface area (Å²) >= 11 is 1.11. The van der Waals surface area contributed by atoms with Gasteiger partial charge in [-0.2, -0.15) is 0 Å². The lowest BCUT2D eigenvalue weighted by molar-refractivity contribution is -0.132. The van der Waals surface area contributed by atoms with Gasteiger partial charge in [0.15, 0.2) is 5.13 Å². The van der Waals surface area contributed by atoms with Gasteiger partial charge in [-0.1, -0.05) is 30.4 Å². The molecule has 0 saturated carbocycles. The van der Waals surface area contributed by atoms with Gasteiger partial charge >= 0.3 is 5.91 Å². The molecular weight excluding hydrogens is 519 g/mol. The van der Waals surface area contributed by atoms with E-state index in [1.54, 1.807) is 42.5 Å². The van der Waals surface area contributed by atoms with Gasteiger partial charge in [0.1, 0.15) is 29.2 Å². The zero-order chi connectivity index (χ0) is 27.3. The van der Waals surface area contributed by atoms with Gasteiger partial charge in [0.05, 0.1) is 28.4 Å². The second-order valence-corrected chi connectivity index (χ2v) is 10.7. The summed E-state index contributed by atoms with van der Waals surface area (Å²) in [5.74, 6) is -0.943. The third-order valence-electron chi connectivity index (χ3n) is 6.83. The molecule has 1 aromatic heterocycles. The molecule has 3 aromatic carbocycles. The SMILES string of the molecule is CCCOc1ccc(C2C(=C(O)c3ccc4c(c3)CC(C)O4)C(=O)C(=O)N2c2nc3ccc(F)cc3s2)cc1. The third kappa shape index (κ3) is 4.42. The van der Waals surface area contributed by atoms with Crippen LogP contribution in [0.2, 0.25) is 0 Å². The standard InChI is InChI=1S/C30H25FN2O5S/c1-3-12-37-21-8-4-17(5-9-21)26-25(27(34)18-6-11-23-19(14-18)13-16(2)38-23)28(35)29(36)33(26)30-32-22-10-7-20(31)15-24(22)39-30/h4-11,14-16,26,34H,3,12-13H2,1-2H3. The number of ether oxygens (including phenoxy) is 2. The molecule has 1 saturated heterocycles. The van der Waals surface area contributed by atoms with Gasteiger partial charge in [0.25, 0.3) is 5.78 Å². The first-order valence-electron chi connectivity index (χ1n) is 12.7. The predicted octanol–water partition coefficient (Wildman–Crippen LogP) is 6.17. The maximum absolute atomic E-state index is 13.9. The minimum atomic E-state index is -0.945. The maximum Gasteiger partial charge on any atom is 0.301 e. The Hall–Kier alpha value is -4.24. The zero-order valence-corrected chi connectivity index (χ0v) is 22.1. The van der Waals surface area contributed by atoms with E-state index in [0.717, 1.165) is 29.1 Å². The van der Waals surface area contributed by atoms with E-state index in [1.807, 2.05) is 13.8 Å². The number of carbonyl (C=O) groups excluding carboxylic acids is 2. The molecule has 4 aromatic rings. The topological polar surface area (TPSA) is 89.0 Å². The lowest BCUT2D eigenvalue weighted by Gasteiger charge is -2.23. The van der Waals surface area contributed by atoms with Gasteiger partial charge in [-0.25, -0.2) is 9.37 Å². The lowest BCUT2D eigenvalue weighted by Crippen LogP contribution is -2.29. The van der Waals surface area contributed by atoms with Crippen molar-refractivity contribution < 1.29 is 28.6 Å². The first-order valence-corrected chi connectivity index (χ1v) is 13.6. The monoisotopic (exact) mass is 544 g/mol. The molecule has 6 rings (SSSR count). The van der Waals surface area contributed by atoms with Crippen LogP contribution in [0.5, 0.6) is 11.5 Å². The molecule has 0 bridgehead atoms. The summed E-state index contributed by atoms with van der Waals surface area (Å²) in [4.78, 5) is 32.8. The Kier molecular flexibility index (Phi) is 6.31. The van der Waals surface area contributed by atoms with Crippen molar-refractivity contribution in [3.05, 3.63) is 88.7 Å². The molecule has 1 fully saturated rings. The summed E-state index contributed by atoms with van der Waals surface area (Å²) in [7, 11) is 0. The minimum Gasteiger partial charge on any atom is -0.507 e. The number of Topliss-reactive ketones (excluding diaryl/α,β-unsaturated/α-hetero) is 1. The number of hydrogen-bond donors (Lipinski definition) is 1. The van der Waals surface area contributed by atoms with Crippen LogP contribution in [0.15, 0.2) is 66.2 Å². The molecule has 0 spiro atoms. The van der Waals surface area contributed by atoms with E-state index in [0.29, 0.717) is 40.1 Å². The van der Waals surface area contributed by atoms with Crippen molar-refractivity contribution in [2.75, 3.05) is 11.5 Å². The first kappa shape index (κ1) is 25.1. The Morgan fingerprint density at radius 2 is 1.95 bits per heavy atom. The molecular formula is C30H25FN2O5S. The molecule has 39 heavy (non-hydrogen) atoms. The Morgan fingerprint density at radius 1 is 1.15 bits per heavy atom. The number of aromatic nitrogens is 1. The van der Waals surface area contributed by atoms with Crippen molar-refractivity contribution in [3.63, 3.8) is 0 Å². The normalized spacial score (nSPS) is 19.9. The number of nitrogens with zero attached hydrogens (tertiary/aromatic N) is 2. The van der Waals surface area contributed by atoms with Crippen LogP contribution in [0.4, 0.5) is 9.52 Å². The fraction of sp³-hybridized carbons (Fsp3) is 0.233. The average Bonchev–Trinajstić information content (AvgIpc) is 3.59. The molecule has 0 radical (unpaired) electrons. The molecule has 1 N–H and O–H groups in total. The molecule has 7 nitrogen and oxygen atoms in total. The number of aliphatic hydroxyl groups is 1. The van der Waals surface area contributed by atoms with Crippen LogP contribution in [-0.2, 0) is 16.0 Å². The number of carbonyl (C=O) groups is 2. The molecule has 9 heteroatoms. The van der Waals surface area contributed by atoms with Gasteiger partial charge < -0.3 is 14.6 Å². The summed E-state index contributed by atoms with van der Waals surface area (Å²) < 4.78 is 25.9. The van der Waals surface area contributed by atoms with E-state index in [2.05, 4.69) is 4.98 Å². The molecule has 1 amide bonds. The van der Waals surface area contributed by atoms with Crippen molar-refractivity contribution >= 4 is 44.1 Å². The van der Waals surface area contributed by atoms with Gasteiger partial charge in [-0.15, -0.1) is 0 Å². The molecule has 2 aliphatic heterocycles. The highest BCUT2D eigenvalue weighted by molar-refractivity contribution is 7.22.